The van der Waals surface area contributed by atoms with Gasteiger partial charge >= 0.3 is 6.03 Å². The second-order valence-electron chi connectivity index (χ2n) is 7.84. The number of rotatable bonds is 8. The van der Waals surface area contributed by atoms with Crippen LogP contribution >= 0.6 is 0 Å². The summed E-state index contributed by atoms with van der Waals surface area (Å²) in [6.45, 7) is 3.36. The fourth-order valence-electron chi connectivity index (χ4n) is 4.01. The molecular weight excluding hydrogens is 402 g/mol. The highest BCUT2D eigenvalue weighted by Crippen LogP contribution is 2.29. The largest absolute Gasteiger partial charge is 0.497 e. The van der Waals surface area contributed by atoms with Gasteiger partial charge < -0.3 is 19.7 Å². The van der Waals surface area contributed by atoms with E-state index in [2.05, 4.69) is 15.7 Å². The highest BCUT2D eigenvalue weighted by atomic mass is 16.5. The molecule has 0 radical (unpaired) electrons. The third-order valence-electron chi connectivity index (χ3n) is 5.83. The van der Waals surface area contributed by atoms with Crippen molar-refractivity contribution in [1.82, 2.24) is 25.3 Å². The van der Waals surface area contributed by atoms with Crippen LogP contribution in [-0.4, -0.2) is 59.9 Å². The van der Waals surface area contributed by atoms with Crippen molar-refractivity contribution in [1.29, 1.82) is 0 Å². The van der Waals surface area contributed by atoms with E-state index in [4.69, 9.17) is 9.47 Å². The van der Waals surface area contributed by atoms with E-state index in [1.54, 1.807) is 24.2 Å². The predicted octanol–water partition coefficient (Wildman–Crippen LogP) is 0.855. The molecular formula is C21H25N5O5. The summed E-state index contributed by atoms with van der Waals surface area (Å²) in [6, 6.07) is 5.05. The average Bonchev–Trinajstić information content (AvgIpc) is 3.49. The lowest BCUT2D eigenvalue weighted by Crippen LogP contribution is -2.52. The Hall–Kier alpha value is -3.40. The molecule has 10 heteroatoms. The lowest BCUT2D eigenvalue weighted by atomic mass is 9.91. The van der Waals surface area contributed by atoms with Crippen molar-refractivity contribution < 1.29 is 23.9 Å². The van der Waals surface area contributed by atoms with Gasteiger partial charge in [0.25, 0.3) is 5.91 Å². The fraction of sp³-hybridized carbons (Fsp3) is 0.429. The first-order valence-corrected chi connectivity index (χ1v) is 10.0. The minimum absolute atomic E-state index is 0.0353. The van der Waals surface area contributed by atoms with Crippen molar-refractivity contribution in [2.24, 2.45) is 0 Å². The molecule has 1 aromatic carbocycles. The minimum Gasteiger partial charge on any atom is -0.497 e. The molecule has 2 aliphatic rings. The highest BCUT2D eigenvalue weighted by Gasteiger charge is 2.50. The first-order valence-electron chi connectivity index (χ1n) is 10.0. The molecule has 164 valence electrons. The number of hydrogen-bond acceptors (Lipinski definition) is 6. The van der Waals surface area contributed by atoms with E-state index >= 15 is 0 Å². The molecule has 2 saturated heterocycles. The quantitative estimate of drug-likeness (QED) is 0.477. The SMILES string of the molecule is COc1ccc(CN(C=O)C[C@@]2(c3cnn([C@H]4CCOC4)c3)NC(=O)NC2=O)c(C)c1. The molecule has 2 fully saturated rings. The van der Waals surface area contributed by atoms with Crippen LogP contribution in [0.2, 0.25) is 0 Å². The van der Waals surface area contributed by atoms with Crippen LogP contribution in [0.1, 0.15) is 29.2 Å². The Balaban J connectivity index is 1.61. The summed E-state index contributed by atoms with van der Waals surface area (Å²) in [4.78, 5) is 38.3. The van der Waals surface area contributed by atoms with E-state index in [9.17, 15) is 14.4 Å². The van der Waals surface area contributed by atoms with Crippen molar-refractivity contribution >= 4 is 18.3 Å². The van der Waals surface area contributed by atoms with Crippen LogP contribution in [-0.2, 0) is 26.4 Å². The Kier molecular flexibility index (Phi) is 5.64. The summed E-state index contributed by atoms with van der Waals surface area (Å²) >= 11 is 0. The normalized spacial score (nSPS) is 22.8. The monoisotopic (exact) mass is 427 g/mol. The second-order valence-corrected chi connectivity index (χ2v) is 7.84. The molecule has 0 saturated carbocycles. The van der Waals surface area contributed by atoms with Gasteiger partial charge in [0.15, 0.2) is 5.54 Å². The standard InChI is InChI=1S/C21H25N5O5/c1-14-7-18(30-2)4-3-15(14)9-25(13-27)12-21(19(28)23-20(29)24-21)16-8-22-26(10-16)17-5-6-31-11-17/h3-4,7-8,10,13,17H,5-6,9,11-12H2,1-2H3,(H2,23,24,28,29)/t17-,21-/m0/s1. The number of aryl methyl sites for hydroxylation is 1. The number of urea groups is 1. The number of carbonyl (C=O) groups is 3. The van der Waals surface area contributed by atoms with Crippen molar-refractivity contribution in [2.45, 2.75) is 31.5 Å². The number of carbonyl (C=O) groups excluding carboxylic acids is 3. The summed E-state index contributed by atoms with van der Waals surface area (Å²) in [5.74, 6) is 0.208. The zero-order valence-corrected chi connectivity index (χ0v) is 17.5. The van der Waals surface area contributed by atoms with Gasteiger partial charge in [-0.15, -0.1) is 0 Å². The van der Waals surface area contributed by atoms with Gasteiger partial charge in [-0.05, 0) is 36.6 Å². The van der Waals surface area contributed by atoms with Gasteiger partial charge in [-0.25, -0.2) is 4.79 Å². The molecule has 10 nitrogen and oxygen atoms in total. The Morgan fingerprint density at radius 1 is 1.42 bits per heavy atom. The highest BCUT2D eigenvalue weighted by molar-refractivity contribution is 6.07. The first-order chi connectivity index (χ1) is 14.9. The first kappa shape index (κ1) is 20.9. The molecule has 0 spiro atoms. The lowest BCUT2D eigenvalue weighted by molar-refractivity contribution is -0.127. The minimum atomic E-state index is -1.42. The predicted molar refractivity (Wildman–Crippen MR) is 109 cm³/mol. The summed E-state index contributed by atoms with van der Waals surface area (Å²) in [5.41, 5.74) is 0.956. The maximum Gasteiger partial charge on any atom is 0.322 e. The van der Waals surface area contributed by atoms with E-state index in [0.29, 0.717) is 25.2 Å². The number of aromatic nitrogens is 2. The Morgan fingerprint density at radius 2 is 2.26 bits per heavy atom. The van der Waals surface area contributed by atoms with E-state index in [0.717, 1.165) is 23.3 Å². The molecule has 0 unspecified atom stereocenters. The number of imide groups is 1. The summed E-state index contributed by atoms with van der Waals surface area (Å²) in [7, 11) is 1.59. The topological polar surface area (TPSA) is 115 Å². The number of benzene rings is 1. The van der Waals surface area contributed by atoms with Crippen molar-refractivity contribution in [3.8, 4) is 5.75 Å². The van der Waals surface area contributed by atoms with Crippen LogP contribution < -0.4 is 15.4 Å². The van der Waals surface area contributed by atoms with Gasteiger partial charge in [-0.2, -0.15) is 5.10 Å². The van der Waals surface area contributed by atoms with Gasteiger partial charge in [0.2, 0.25) is 6.41 Å². The molecule has 2 N–H and O–H groups in total. The van der Waals surface area contributed by atoms with E-state index in [-0.39, 0.29) is 19.1 Å². The van der Waals surface area contributed by atoms with Crippen molar-refractivity contribution in [3.63, 3.8) is 0 Å². The second kappa shape index (κ2) is 8.38. The van der Waals surface area contributed by atoms with Gasteiger partial charge in [0, 0.05) is 24.9 Å². The molecule has 4 rings (SSSR count). The van der Waals surface area contributed by atoms with Gasteiger partial charge in [-0.3, -0.25) is 19.6 Å². The Morgan fingerprint density at radius 3 is 2.87 bits per heavy atom. The molecule has 4 amide bonds. The van der Waals surface area contributed by atoms with Crippen LogP contribution in [0, 0.1) is 6.92 Å². The summed E-state index contributed by atoms with van der Waals surface area (Å²) in [6.07, 6.45) is 4.81. The molecule has 2 aliphatic heterocycles. The number of ether oxygens (including phenoxy) is 2. The molecule has 2 aromatic rings. The molecule has 0 bridgehead atoms. The zero-order chi connectivity index (χ0) is 22.0. The summed E-state index contributed by atoms with van der Waals surface area (Å²) in [5, 5.41) is 9.39. The smallest absolute Gasteiger partial charge is 0.322 e. The molecule has 1 aromatic heterocycles. The van der Waals surface area contributed by atoms with Crippen molar-refractivity contribution in [2.75, 3.05) is 26.9 Å². The fourth-order valence-corrected chi connectivity index (χ4v) is 4.01. The van der Waals surface area contributed by atoms with Gasteiger partial charge in [-0.1, -0.05) is 6.07 Å². The average molecular weight is 427 g/mol. The van der Waals surface area contributed by atoms with Crippen LogP contribution in [0.25, 0.3) is 0 Å². The van der Waals surface area contributed by atoms with Crippen LogP contribution in [0.3, 0.4) is 0 Å². The molecule has 2 atom stereocenters. The Bertz CT molecular complexity index is 1000. The van der Waals surface area contributed by atoms with E-state index in [1.165, 1.54) is 4.90 Å². The molecule has 0 aliphatic carbocycles. The zero-order valence-electron chi connectivity index (χ0n) is 17.5. The lowest BCUT2D eigenvalue weighted by Gasteiger charge is -2.30. The van der Waals surface area contributed by atoms with E-state index in [1.807, 2.05) is 25.1 Å². The maximum absolute atomic E-state index is 12.9. The van der Waals surface area contributed by atoms with Crippen LogP contribution in [0.4, 0.5) is 4.79 Å². The third-order valence-corrected chi connectivity index (χ3v) is 5.83. The molecule has 31 heavy (non-hydrogen) atoms. The number of amides is 4. The third kappa shape index (κ3) is 3.98. The molecule has 3 heterocycles. The maximum atomic E-state index is 12.9. The van der Waals surface area contributed by atoms with Crippen LogP contribution in [0.15, 0.2) is 30.6 Å². The number of methoxy groups -OCH3 is 1. The number of nitrogens with one attached hydrogen (secondary N) is 2. The van der Waals surface area contributed by atoms with Crippen molar-refractivity contribution in [3.05, 3.63) is 47.3 Å². The van der Waals surface area contributed by atoms with E-state index < -0.39 is 17.5 Å². The summed E-state index contributed by atoms with van der Waals surface area (Å²) < 4.78 is 12.4. The van der Waals surface area contributed by atoms with Crippen LogP contribution in [0.5, 0.6) is 5.75 Å². The van der Waals surface area contributed by atoms with Gasteiger partial charge in [0.05, 0.1) is 32.5 Å². The number of hydrogen-bond donors (Lipinski definition) is 2. The number of nitrogens with zero attached hydrogens (tertiary/aromatic N) is 3. The Labute approximate surface area is 179 Å². The van der Waals surface area contributed by atoms with Gasteiger partial charge in [0.1, 0.15) is 5.75 Å².